The monoisotopic (exact) mass is 142 g/mol. The summed E-state index contributed by atoms with van der Waals surface area (Å²) in [5, 5.41) is 2.92. The standard InChI is InChI=1S/C5H8Ge/c1-5-2-3-6-4-5/h2H,3-4H2,1H3. The second kappa shape index (κ2) is 1.83. The van der Waals surface area contributed by atoms with E-state index in [-0.39, 0.29) is 0 Å². The van der Waals surface area contributed by atoms with Crippen molar-refractivity contribution < 1.29 is 0 Å². The van der Waals surface area contributed by atoms with Crippen LogP contribution in [0.25, 0.3) is 0 Å². The van der Waals surface area contributed by atoms with E-state index in [9.17, 15) is 0 Å². The molecule has 0 spiro atoms. The Morgan fingerprint density at radius 1 is 1.83 bits per heavy atom. The fourth-order valence-corrected chi connectivity index (χ4v) is 3.05. The molecule has 0 aromatic rings. The zero-order valence-electron chi connectivity index (χ0n) is 3.99. The minimum absolute atomic E-state index is 0.502. The molecule has 2 radical (unpaired) electrons. The van der Waals surface area contributed by atoms with E-state index in [1.165, 1.54) is 10.5 Å². The van der Waals surface area contributed by atoms with Gasteiger partial charge in [-0.1, -0.05) is 0 Å². The van der Waals surface area contributed by atoms with Crippen molar-refractivity contribution in [3.63, 3.8) is 0 Å². The van der Waals surface area contributed by atoms with Gasteiger partial charge < -0.3 is 0 Å². The van der Waals surface area contributed by atoms with Crippen molar-refractivity contribution in [2.24, 2.45) is 0 Å². The van der Waals surface area contributed by atoms with Crippen LogP contribution in [0.15, 0.2) is 11.6 Å². The average Bonchev–Trinajstić information content (AvgIpc) is 1.86. The van der Waals surface area contributed by atoms with Crippen molar-refractivity contribution in [2.45, 2.75) is 17.4 Å². The van der Waals surface area contributed by atoms with E-state index < -0.39 is 0 Å². The zero-order chi connectivity index (χ0) is 4.41. The fourth-order valence-electron chi connectivity index (χ4n) is 0.588. The number of rotatable bonds is 0. The van der Waals surface area contributed by atoms with Gasteiger partial charge in [0.25, 0.3) is 0 Å². The first-order chi connectivity index (χ1) is 2.89. The van der Waals surface area contributed by atoms with Gasteiger partial charge in [0.1, 0.15) is 0 Å². The average molecular weight is 141 g/mol. The Kier molecular flexibility index (Phi) is 1.35. The molecule has 0 aromatic carbocycles. The van der Waals surface area contributed by atoms with Crippen LogP contribution in [0.5, 0.6) is 0 Å². The fraction of sp³-hybridized carbons (Fsp3) is 0.600. The summed E-state index contributed by atoms with van der Waals surface area (Å²) in [7, 11) is 0. The second-order valence-corrected chi connectivity index (χ2v) is 4.33. The molecule has 0 fully saturated rings. The summed E-state index contributed by atoms with van der Waals surface area (Å²) in [4.78, 5) is 0. The molecule has 1 aliphatic heterocycles. The first kappa shape index (κ1) is 4.44. The number of hydrogen-bond acceptors (Lipinski definition) is 0. The Morgan fingerprint density at radius 3 is 2.83 bits per heavy atom. The first-order valence-corrected chi connectivity index (χ1v) is 5.22. The molecule has 1 heterocycles. The molecular weight excluding hydrogens is 133 g/mol. The van der Waals surface area contributed by atoms with Gasteiger partial charge >= 0.3 is 44.5 Å². The SMILES string of the molecule is CC1=C[CH2][Ge][CH2]1. The number of allylic oxidation sites excluding steroid dienone is 2. The van der Waals surface area contributed by atoms with Crippen molar-refractivity contribution in [3.05, 3.63) is 11.6 Å². The van der Waals surface area contributed by atoms with E-state index in [0.29, 0.717) is 15.4 Å². The van der Waals surface area contributed by atoms with Gasteiger partial charge in [-0.05, 0) is 0 Å². The third-order valence-corrected chi connectivity index (χ3v) is 3.73. The molecule has 0 saturated carbocycles. The van der Waals surface area contributed by atoms with Gasteiger partial charge in [0.05, 0.1) is 0 Å². The second-order valence-electron chi connectivity index (χ2n) is 1.68. The zero-order valence-corrected chi connectivity index (χ0v) is 6.09. The molecule has 0 aromatic heterocycles. The number of hydrogen-bond donors (Lipinski definition) is 0. The van der Waals surface area contributed by atoms with Crippen LogP contribution in [0.3, 0.4) is 0 Å². The van der Waals surface area contributed by atoms with Gasteiger partial charge in [0.2, 0.25) is 0 Å². The summed E-state index contributed by atoms with van der Waals surface area (Å²) in [6.07, 6.45) is 2.38. The van der Waals surface area contributed by atoms with Gasteiger partial charge in [0.15, 0.2) is 0 Å². The van der Waals surface area contributed by atoms with Crippen LogP contribution < -0.4 is 0 Å². The minimum atomic E-state index is 0.502. The van der Waals surface area contributed by atoms with Crippen LogP contribution in [0.4, 0.5) is 0 Å². The predicted octanol–water partition coefficient (Wildman–Crippen LogP) is 1.49. The van der Waals surface area contributed by atoms with Crippen LogP contribution in [0.2, 0.25) is 10.5 Å². The van der Waals surface area contributed by atoms with E-state index in [1.807, 2.05) is 0 Å². The molecule has 0 unspecified atom stereocenters. The van der Waals surface area contributed by atoms with E-state index in [1.54, 1.807) is 5.57 Å². The predicted molar refractivity (Wildman–Crippen MR) is 29.1 cm³/mol. The normalized spacial score (nSPS) is 21.2. The van der Waals surface area contributed by atoms with Gasteiger partial charge in [-0.25, -0.2) is 0 Å². The Hall–Kier alpha value is 0.283. The van der Waals surface area contributed by atoms with Crippen molar-refractivity contribution in [1.29, 1.82) is 0 Å². The molecular formula is C5H8Ge. The first-order valence-electron chi connectivity index (χ1n) is 2.26. The van der Waals surface area contributed by atoms with E-state index in [4.69, 9.17) is 0 Å². The quantitative estimate of drug-likeness (QED) is 0.354. The molecule has 1 heteroatoms. The molecule has 6 heavy (non-hydrogen) atoms. The maximum atomic E-state index is 2.38. The van der Waals surface area contributed by atoms with E-state index in [2.05, 4.69) is 13.0 Å². The van der Waals surface area contributed by atoms with Crippen molar-refractivity contribution in [1.82, 2.24) is 0 Å². The maximum absolute atomic E-state index is 2.38. The molecule has 1 rings (SSSR count). The molecule has 1 aliphatic rings. The molecule has 0 amide bonds. The van der Waals surface area contributed by atoms with Crippen LogP contribution in [-0.4, -0.2) is 15.4 Å². The molecule has 0 N–H and O–H groups in total. The van der Waals surface area contributed by atoms with Crippen LogP contribution >= 0.6 is 0 Å². The third-order valence-electron chi connectivity index (χ3n) is 0.999. The summed E-state index contributed by atoms with van der Waals surface area (Å²) >= 11 is 0.502. The molecule has 0 bridgehead atoms. The summed E-state index contributed by atoms with van der Waals surface area (Å²) < 4.78 is 0. The Labute approximate surface area is 45.1 Å². The van der Waals surface area contributed by atoms with E-state index in [0.717, 1.165) is 0 Å². The van der Waals surface area contributed by atoms with Gasteiger partial charge in [-0.2, -0.15) is 0 Å². The molecule has 0 atom stereocenters. The van der Waals surface area contributed by atoms with Gasteiger partial charge in [-0.3, -0.25) is 0 Å². The van der Waals surface area contributed by atoms with Crippen molar-refractivity contribution >= 4 is 15.4 Å². The van der Waals surface area contributed by atoms with Crippen LogP contribution in [0.1, 0.15) is 6.92 Å². The Balaban J connectivity index is 2.45. The van der Waals surface area contributed by atoms with Crippen molar-refractivity contribution in [2.75, 3.05) is 0 Å². The van der Waals surface area contributed by atoms with Gasteiger partial charge in [0, 0.05) is 0 Å². The summed E-state index contributed by atoms with van der Waals surface area (Å²) in [6.45, 7) is 2.23. The summed E-state index contributed by atoms with van der Waals surface area (Å²) in [5.74, 6) is 0. The van der Waals surface area contributed by atoms with E-state index >= 15 is 0 Å². The Morgan fingerprint density at radius 2 is 2.67 bits per heavy atom. The van der Waals surface area contributed by atoms with Crippen LogP contribution in [0, 0.1) is 0 Å². The molecule has 32 valence electrons. The molecule has 0 nitrogen and oxygen atoms in total. The summed E-state index contributed by atoms with van der Waals surface area (Å²) in [5.41, 5.74) is 1.63. The molecule has 0 saturated heterocycles. The Bertz CT molecular complexity index is 74.0. The van der Waals surface area contributed by atoms with Crippen LogP contribution in [-0.2, 0) is 0 Å². The third kappa shape index (κ3) is 0.870. The molecule has 0 aliphatic carbocycles. The van der Waals surface area contributed by atoms with Crippen molar-refractivity contribution in [3.8, 4) is 0 Å². The topological polar surface area (TPSA) is 0 Å². The summed E-state index contributed by atoms with van der Waals surface area (Å²) in [6, 6.07) is 0. The van der Waals surface area contributed by atoms with Gasteiger partial charge in [-0.15, -0.1) is 0 Å².